The van der Waals surface area contributed by atoms with Crippen LogP contribution >= 0.6 is 0 Å². The van der Waals surface area contributed by atoms with Gasteiger partial charge in [-0.3, -0.25) is 4.79 Å². The zero-order chi connectivity index (χ0) is 16.9. The highest BCUT2D eigenvalue weighted by molar-refractivity contribution is 6.02. The average molecular weight is 328 g/mol. The molecule has 0 unspecified atom stereocenters. The topological polar surface area (TPSA) is 76.7 Å². The van der Waals surface area contributed by atoms with Crippen LogP contribution in [-0.2, 0) is 14.3 Å². The van der Waals surface area contributed by atoms with Crippen molar-refractivity contribution in [2.24, 2.45) is 0 Å². The zero-order valence-electron chi connectivity index (χ0n) is 13.6. The summed E-state index contributed by atoms with van der Waals surface area (Å²) in [5.74, 6) is 0.349. The van der Waals surface area contributed by atoms with E-state index in [-0.39, 0.29) is 19.0 Å². The molecule has 0 aliphatic carbocycles. The fourth-order valence-electron chi connectivity index (χ4n) is 2.74. The van der Waals surface area contributed by atoms with Gasteiger partial charge in [-0.1, -0.05) is 18.2 Å². The van der Waals surface area contributed by atoms with Gasteiger partial charge in [-0.15, -0.1) is 0 Å². The highest BCUT2D eigenvalue weighted by Crippen LogP contribution is 2.25. The minimum absolute atomic E-state index is 0.0222. The summed E-state index contributed by atoms with van der Waals surface area (Å²) < 4.78 is 10.8. The van der Waals surface area contributed by atoms with Gasteiger partial charge < -0.3 is 20.1 Å². The summed E-state index contributed by atoms with van der Waals surface area (Å²) >= 11 is 0. The quantitative estimate of drug-likeness (QED) is 0.627. The van der Waals surface area contributed by atoms with Crippen molar-refractivity contribution in [3.05, 3.63) is 52.9 Å². The maximum Gasteiger partial charge on any atom is 0.336 e. The van der Waals surface area contributed by atoms with Crippen molar-refractivity contribution < 1.29 is 19.1 Å². The van der Waals surface area contributed by atoms with E-state index in [0.29, 0.717) is 30.7 Å². The van der Waals surface area contributed by atoms with E-state index in [9.17, 15) is 9.59 Å². The number of carbonyl (C=O) groups excluding carboxylic acids is 2. The summed E-state index contributed by atoms with van der Waals surface area (Å²) in [5.41, 5.74) is 2.77. The van der Waals surface area contributed by atoms with E-state index < -0.39 is 5.97 Å². The molecule has 0 aromatic heterocycles. The molecular formula is C18H20N2O4. The summed E-state index contributed by atoms with van der Waals surface area (Å²) in [6, 6.07) is 9.35. The van der Waals surface area contributed by atoms with Crippen LogP contribution in [0.1, 0.15) is 13.3 Å². The lowest BCUT2D eigenvalue weighted by atomic mass is 9.93. The highest BCUT2D eigenvalue weighted by atomic mass is 16.6. The Morgan fingerprint density at radius 3 is 2.75 bits per heavy atom. The van der Waals surface area contributed by atoms with Gasteiger partial charge in [-0.2, -0.15) is 0 Å². The van der Waals surface area contributed by atoms with Crippen LogP contribution in [0.4, 0.5) is 0 Å². The molecule has 0 bridgehead atoms. The first kappa shape index (κ1) is 16.3. The molecule has 0 saturated carbocycles. The molecule has 2 N–H and O–H groups in total. The number of allylic oxidation sites excluding steroid dienone is 1. The Hall–Kier alpha value is -2.60. The van der Waals surface area contributed by atoms with E-state index in [1.54, 1.807) is 0 Å². The maximum atomic E-state index is 12.3. The normalized spacial score (nSPS) is 17.3. The van der Waals surface area contributed by atoms with Crippen LogP contribution in [0, 0.1) is 0 Å². The predicted molar refractivity (Wildman–Crippen MR) is 88.3 cm³/mol. The van der Waals surface area contributed by atoms with Crippen LogP contribution in [0.2, 0.25) is 0 Å². The van der Waals surface area contributed by atoms with Gasteiger partial charge in [0, 0.05) is 29.9 Å². The molecule has 0 amide bonds. The third kappa shape index (κ3) is 3.65. The third-order valence-electron chi connectivity index (χ3n) is 4.01. The van der Waals surface area contributed by atoms with E-state index >= 15 is 0 Å². The maximum absolute atomic E-state index is 12.3. The number of ketones is 1. The summed E-state index contributed by atoms with van der Waals surface area (Å²) in [4.78, 5) is 24.2. The number of ether oxygens (including phenoxy) is 2. The Morgan fingerprint density at radius 1 is 1.17 bits per heavy atom. The molecule has 2 aliphatic heterocycles. The molecule has 0 atom stereocenters. The van der Waals surface area contributed by atoms with Crippen molar-refractivity contribution >= 4 is 11.8 Å². The van der Waals surface area contributed by atoms with Gasteiger partial charge in [-0.05, 0) is 19.1 Å². The van der Waals surface area contributed by atoms with Gasteiger partial charge in [-0.25, -0.2) is 4.79 Å². The number of rotatable bonds is 5. The fourth-order valence-corrected chi connectivity index (χ4v) is 2.74. The Kier molecular flexibility index (Phi) is 4.96. The second kappa shape index (κ2) is 7.31. The molecule has 0 saturated heterocycles. The molecule has 1 aromatic carbocycles. The Bertz CT molecular complexity index is 707. The second-order valence-corrected chi connectivity index (χ2v) is 5.69. The van der Waals surface area contributed by atoms with Crippen molar-refractivity contribution in [1.29, 1.82) is 0 Å². The van der Waals surface area contributed by atoms with Gasteiger partial charge >= 0.3 is 5.97 Å². The highest BCUT2D eigenvalue weighted by Gasteiger charge is 2.29. The number of carbonyl (C=O) groups is 2. The number of esters is 1. The largest absolute Gasteiger partial charge is 0.490 e. The van der Waals surface area contributed by atoms with E-state index in [4.69, 9.17) is 9.47 Å². The molecule has 0 spiro atoms. The predicted octanol–water partition coefficient (Wildman–Crippen LogP) is 1.30. The van der Waals surface area contributed by atoms with Crippen LogP contribution in [0.5, 0.6) is 5.75 Å². The van der Waals surface area contributed by atoms with Gasteiger partial charge in [0.1, 0.15) is 19.0 Å². The van der Waals surface area contributed by atoms with E-state index in [1.165, 1.54) is 0 Å². The molecule has 6 heteroatoms. The molecular weight excluding hydrogens is 308 g/mol. The second-order valence-electron chi connectivity index (χ2n) is 5.69. The number of hydrogen-bond donors (Lipinski definition) is 2. The van der Waals surface area contributed by atoms with Gasteiger partial charge in [0.15, 0.2) is 5.78 Å². The Morgan fingerprint density at radius 2 is 1.96 bits per heavy atom. The van der Waals surface area contributed by atoms with Crippen molar-refractivity contribution in [2.45, 2.75) is 13.3 Å². The molecule has 24 heavy (non-hydrogen) atoms. The third-order valence-corrected chi connectivity index (χ3v) is 4.01. The molecule has 2 heterocycles. The molecule has 1 aromatic rings. The Balaban J connectivity index is 1.52. The van der Waals surface area contributed by atoms with E-state index in [0.717, 1.165) is 17.1 Å². The summed E-state index contributed by atoms with van der Waals surface area (Å²) in [6.45, 7) is 3.19. The molecule has 3 rings (SSSR count). The summed E-state index contributed by atoms with van der Waals surface area (Å²) in [7, 11) is 0. The standard InChI is InChI=1S/C18H20N2O4/c1-12-14(9-15-16(20-12)10-19-11-17(15)21)18(22)24-8-7-23-13-5-3-2-4-6-13/h2-6,19-20H,7-11H2,1H3. The van der Waals surface area contributed by atoms with Crippen LogP contribution < -0.4 is 15.4 Å². The number of benzene rings is 1. The number of dihydropyridines is 1. The number of para-hydroxylation sites is 1. The molecule has 0 fully saturated rings. The van der Waals surface area contributed by atoms with Gasteiger partial charge in [0.2, 0.25) is 0 Å². The average Bonchev–Trinajstić information content (AvgIpc) is 2.59. The first-order chi connectivity index (χ1) is 11.6. The zero-order valence-corrected chi connectivity index (χ0v) is 13.6. The van der Waals surface area contributed by atoms with Gasteiger partial charge in [0.05, 0.1) is 12.1 Å². The minimum Gasteiger partial charge on any atom is -0.490 e. The first-order valence-corrected chi connectivity index (χ1v) is 7.93. The van der Waals surface area contributed by atoms with Crippen LogP contribution in [-0.4, -0.2) is 38.1 Å². The van der Waals surface area contributed by atoms with E-state index in [1.807, 2.05) is 37.3 Å². The summed E-state index contributed by atoms with van der Waals surface area (Å²) in [5, 5.41) is 6.17. The first-order valence-electron chi connectivity index (χ1n) is 7.93. The lowest BCUT2D eigenvalue weighted by Crippen LogP contribution is -2.40. The van der Waals surface area contributed by atoms with E-state index in [2.05, 4.69) is 10.6 Å². The minimum atomic E-state index is -0.408. The smallest absolute Gasteiger partial charge is 0.336 e. The molecule has 2 aliphatic rings. The monoisotopic (exact) mass is 328 g/mol. The number of Topliss-reactive ketones (excluding diaryl/α,β-unsaturated/α-hetero) is 1. The lowest BCUT2D eigenvalue weighted by molar-refractivity contribution is -0.140. The van der Waals surface area contributed by atoms with Crippen LogP contribution in [0.25, 0.3) is 0 Å². The Labute approximate surface area is 140 Å². The molecule has 0 radical (unpaired) electrons. The molecule has 6 nitrogen and oxygen atoms in total. The van der Waals surface area contributed by atoms with Crippen molar-refractivity contribution in [1.82, 2.24) is 10.6 Å². The summed E-state index contributed by atoms with van der Waals surface area (Å²) in [6.07, 6.45) is 0.326. The van der Waals surface area contributed by atoms with Crippen molar-refractivity contribution in [3.63, 3.8) is 0 Å². The van der Waals surface area contributed by atoms with Crippen LogP contribution in [0.3, 0.4) is 0 Å². The number of nitrogens with one attached hydrogen (secondary N) is 2. The fraction of sp³-hybridized carbons (Fsp3) is 0.333. The van der Waals surface area contributed by atoms with Crippen LogP contribution in [0.15, 0.2) is 52.9 Å². The SMILES string of the molecule is CC1=C(C(=O)OCCOc2ccccc2)CC2=C(CNCC2=O)N1. The van der Waals surface area contributed by atoms with Crippen molar-refractivity contribution in [2.75, 3.05) is 26.3 Å². The van der Waals surface area contributed by atoms with Gasteiger partial charge in [0.25, 0.3) is 0 Å². The number of hydrogen-bond acceptors (Lipinski definition) is 6. The lowest BCUT2D eigenvalue weighted by Gasteiger charge is -2.27. The van der Waals surface area contributed by atoms with Crippen molar-refractivity contribution in [3.8, 4) is 5.75 Å². The molecule has 126 valence electrons.